The highest BCUT2D eigenvalue weighted by Gasteiger charge is 1.99. The predicted molar refractivity (Wildman–Crippen MR) is 66.8 cm³/mol. The molecule has 84 valence electrons. The molecule has 0 fully saturated rings. The number of halogens is 1. The first-order chi connectivity index (χ1) is 7.78. The second kappa shape index (κ2) is 5.30. The minimum absolute atomic E-state index is 0.0664. The first-order valence-electron chi connectivity index (χ1n) is 4.81. The van der Waals surface area contributed by atoms with Gasteiger partial charge >= 0.3 is 0 Å². The Hall–Kier alpha value is -1.10. The van der Waals surface area contributed by atoms with Crippen LogP contribution in [0.3, 0.4) is 0 Å². The molecule has 3 nitrogen and oxygen atoms in total. The van der Waals surface area contributed by atoms with Crippen LogP contribution in [0.25, 0.3) is 0 Å². The molecule has 2 aromatic rings. The lowest BCUT2D eigenvalue weighted by molar-refractivity contribution is 0.281. The van der Waals surface area contributed by atoms with Gasteiger partial charge in [0.1, 0.15) is 5.15 Å². The van der Waals surface area contributed by atoms with E-state index in [9.17, 15) is 0 Å². The Balaban J connectivity index is 1.99. The number of aromatic nitrogens is 1. The molecule has 0 amide bonds. The molecule has 1 heterocycles. The summed E-state index contributed by atoms with van der Waals surface area (Å²) in [6.07, 6.45) is 0. The SMILES string of the molecule is OCc1cccc(CNc2nc(Cl)cs2)c1. The molecule has 0 aliphatic heterocycles. The lowest BCUT2D eigenvalue weighted by Crippen LogP contribution is -1.99. The summed E-state index contributed by atoms with van der Waals surface area (Å²) in [6.45, 7) is 0.745. The van der Waals surface area contributed by atoms with Crippen molar-refractivity contribution in [3.8, 4) is 0 Å². The average molecular weight is 255 g/mol. The van der Waals surface area contributed by atoms with Gasteiger partial charge in [0.15, 0.2) is 5.13 Å². The first-order valence-corrected chi connectivity index (χ1v) is 6.07. The van der Waals surface area contributed by atoms with Crippen LogP contribution in [0.1, 0.15) is 11.1 Å². The molecule has 2 rings (SSSR count). The van der Waals surface area contributed by atoms with Crippen molar-refractivity contribution in [2.24, 2.45) is 0 Å². The number of anilines is 1. The Bertz CT molecular complexity index is 473. The van der Waals surface area contributed by atoms with Crippen LogP contribution in [-0.2, 0) is 13.2 Å². The van der Waals surface area contributed by atoms with E-state index in [0.717, 1.165) is 16.3 Å². The molecule has 0 bridgehead atoms. The van der Waals surface area contributed by atoms with Gasteiger partial charge in [-0.05, 0) is 11.1 Å². The van der Waals surface area contributed by atoms with E-state index >= 15 is 0 Å². The third-order valence-corrected chi connectivity index (χ3v) is 3.22. The van der Waals surface area contributed by atoms with Gasteiger partial charge in [-0.25, -0.2) is 4.98 Å². The van der Waals surface area contributed by atoms with Crippen LogP contribution < -0.4 is 5.32 Å². The third kappa shape index (κ3) is 2.95. The second-order valence-corrected chi connectivity index (χ2v) is 4.55. The van der Waals surface area contributed by atoms with Gasteiger partial charge < -0.3 is 10.4 Å². The summed E-state index contributed by atoms with van der Waals surface area (Å²) in [6, 6.07) is 7.78. The topological polar surface area (TPSA) is 45.1 Å². The Morgan fingerprint density at radius 1 is 1.38 bits per heavy atom. The standard InChI is InChI=1S/C11H11ClN2OS/c12-10-7-16-11(14-10)13-5-8-2-1-3-9(4-8)6-15/h1-4,7,15H,5-6H2,(H,13,14). The molecule has 0 atom stereocenters. The quantitative estimate of drug-likeness (QED) is 0.882. The maximum atomic E-state index is 9.00. The van der Waals surface area contributed by atoms with E-state index in [1.165, 1.54) is 11.3 Å². The molecule has 0 saturated carbocycles. The maximum absolute atomic E-state index is 9.00. The van der Waals surface area contributed by atoms with E-state index in [-0.39, 0.29) is 6.61 Å². The van der Waals surface area contributed by atoms with Crippen molar-refractivity contribution in [1.29, 1.82) is 0 Å². The van der Waals surface area contributed by atoms with Crippen molar-refractivity contribution in [1.82, 2.24) is 4.98 Å². The maximum Gasteiger partial charge on any atom is 0.184 e. The van der Waals surface area contributed by atoms with Crippen molar-refractivity contribution < 1.29 is 5.11 Å². The van der Waals surface area contributed by atoms with Gasteiger partial charge in [0.05, 0.1) is 6.61 Å². The highest BCUT2D eigenvalue weighted by Crippen LogP contribution is 2.19. The van der Waals surface area contributed by atoms with Crippen LogP contribution in [0, 0.1) is 0 Å². The van der Waals surface area contributed by atoms with Crippen molar-refractivity contribution in [2.45, 2.75) is 13.2 Å². The van der Waals surface area contributed by atoms with Crippen LogP contribution in [0.2, 0.25) is 5.15 Å². The van der Waals surface area contributed by atoms with Gasteiger partial charge in [-0.1, -0.05) is 35.9 Å². The molecule has 16 heavy (non-hydrogen) atoms. The normalized spacial score (nSPS) is 10.4. The van der Waals surface area contributed by atoms with E-state index < -0.39 is 0 Å². The summed E-state index contributed by atoms with van der Waals surface area (Å²) in [7, 11) is 0. The van der Waals surface area contributed by atoms with E-state index in [4.69, 9.17) is 16.7 Å². The fourth-order valence-electron chi connectivity index (χ4n) is 1.35. The van der Waals surface area contributed by atoms with Crippen molar-refractivity contribution in [3.05, 3.63) is 45.9 Å². The fraction of sp³-hybridized carbons (Fsp3) is 0.182. The van der Waals surface area contributed by atoms with Crippen molar-refractivity contribution in [2.75, 3.05) is 5.32 Å². The van der Waals surface area contributed by atoms with Gasteiger partial charge in [-0.2, -0.15) is 0 Å². The zero-order chi connectivity index (χ0) is 11.4. The largest absolute Gasteiger partial charge is 0.392 e. The van der Waals surface area contributed by atoms with Gasteiger partial charge in [-0.15, -0.1) is 11.3 Å². The van der Waals surface area contributed by atoms with Gasteiger partial charge in [0, 0.05) is 11.9 Å². The summed E-state index contributed by atoms with van der Waals surface area (Å²) in [5, 5.41) is 15.3. The predicted octanol–water partition coefficient (Wildman–Crippen LogP) is 2.90. The number of nitrogens with one attached hydrogen (secondary N) is 1. The lowest BCUT2D eigenvalue weighted by atomic mass is 10.1. The summed E-state index contributed by atoms with van der Waals surface area (Å²) < 4.78 is 0. The van der Waals surface area contributed by atoms with E-state index in [1.807, 2.05) is 24.3 Å². The zero-order valence-electron chi connectivity index (χ0n) is 8.48. The van der Waals surface area contributed by atoms with Gasteiger partial charge in [-0.3, -0.25) is 0 Å². The zero-order valence-corrected chi connectivity index (χ0v) is 10.1. The number of rotatable bonds is 4. The molecule has 0 unspecified atom stereocenters. The first kappa shape index (κ1) is 11.4. The van der Waals surface area contributed by atoms with Crippen molar-refractivity contribution >= 4 is 28.1 Å². The highest BCUT2D eigenvalue weighted by atomic mass is 35.5. The fourth-order valence-corrected chi connectivity index (χ4v) is 2.19. The van der Waals surface area contributed by atoms with Crippen LogP contribution in [-0.4, -0.2) is 10.1 Å². The smallest absolute Gasteiger partial charge is 0.184 e. The Labute approximate surface area is 103 Å². The summed E-state index contributed by atoms with van der Waals surface area (Å²) in [5.41, 5.74) is 2.02. The van der Waals surface area contributed by atoms with Crippen LogP contribution in [0.5, 0.6) is 0 Å². The highest BCUT2D eigenvalue weighted by molar-refractivity contribution is 7.14. The molecular formula is C11H11ClN2OS. The Morgan fingerprint density at radius 3 is 2.88 bits per heavy atom. The van der Waals surface area contributed by atoms with Crippen LogP contribution in [0.15, 0.2) is 29.6 Å². The Morgan fingerprint density at radius 2 is 2.19 bits per heavy atom. The molecule has 1 aromatic carbocycles. The number of hydrogen-bond acceptors (Lipinski definition) is 4. The number of aliphatic hydroxyl groups excluding tert-OH is 1. The minimum atomic E-state index is 0.0664. The molecule has 0 spiro atoms. The molecule has 1 aromatic heterocycles. The number of hydrogen-bond donors (Lipinski definition) is 2. The average Bonchev–Trinajstić information content (AvgIpc) is 2.73. The molecule has 0 radical (unpaired) electrons. The number of nitrogens with zero attached hydrogens (tertiary/aromatic N) is 1. The number of thiazole rings is 1. The summed E-state index contributed by atoms with van der Waals surface area (Å²) in [5.74, 6) is 0. The van der Waals surface area contributed by atoms with Crippen molar-refractivity contribution in [3.63, 3.8) is 0 Å². The van der Waals surface area contributed by atoms with Crippen LogP contribution >= 0.6 is 22.9 Å². The monoisotopic (exact) mass is 254 g/mol. The van der Waals surface area contributed by atoms with Gasteiger partial charge in [0.25, 0.3) is 0 Å². The summed E-state index contributed by atoms with van der Waals surface area (Å²) in [4.78, 5) is 4.09. The molecular weight excluding hydrogens is 244 g/mol. The Kier molecular flexibility index (Phi) is 3.77. The number of aliphatic hydroxyl groups is 1. The van der Waals surface area contributed by atoms with E-state index in [0.29, 0.717) is 11.7 Å². The van der Waals surface area contributed by atoms with E-state index in [1.54, 1.807) is 5.38 Å². The minimum Gasteiger partial charge on any atom is -0.392 e. The number of benzene rings is 1. The molecule has 2 N–H and O–H groups in total. The molecule has 0 aliphatic carbocycles. The van der Waals surface area contributed by atoms with Gasteiger partial charge in [0.2, 0.25) is 0 Å². The lowest BCUT2D eigenvalue weighted by Gasteiger charge is -2.04. The third-order valence-electron chi connectivity index (χ3n) is 2.09. The summed E-state index contributed by atoms with van der Waals surface area (Å²) >= 11 is 7.19. The second-order valence-electron chi connectivity index (χ2n) is 3.31. The molecule has 0 aliphatic rings. The van der Waals surface area contributed by atoms with Crippen LogP contribution in [0.4, 0.5) is 5.13 Å². The molecule has 0 saturated heterocycles. The van der Waals surface area contributed by atoms with E-state index in [2.05, 4.69) is 10.3 Å². The molecule has 5 heteroatoms.